The van der Waals surface area contributed by atoms with Crippen molar-refractivity contribution >= 4 is 44.5 Å². The predicted molar refractivity (Wildman–Crippen MR) is 175 cm³/mol. The van der Waals surface area contributed by atoms with Crippen molar-refractivity contribution in [2.24, 2.45) is 5.92 Å². The summed E-state index contributed by atoms with van der Waals surface area (Å²) in [5.74, 6) is -3.59. The minimum absolute atomic E-state index is 0.0119. The van der Waals surface area contributed by atoms with Crippen LogP contribution in [-0.4, -0.2) is 51.5 Å². The Morgan fingerprint density at radius 2 is 1.77 bits per heavy atom. The van der Waals surface area contributed by atoms with E-state index in [-0.39, 0.29) is 34.2 Å². The molecular weight excluding hydrogens is 642 g/mol. The molecule has 48 heavy (non-hydrogen) atoms. The van der Waals surface area contributed by atoms with Crippen LogP contribution < -0.4 is 15.7 Å². The highest BCUT2D eigenvalue weighted by atomic mass is 32.2. The van der Waals surface area contributed by atoms with Gasteiger partial charge in [0, 0.05) is 17.1 Å². The molecule has 1 fully saturated rings. The molecule has 2 aromatic heterocycles. The number of benzene rings is 2. The third-order valence-electron chi connectivity index (χ3n) is 8.90. The van der Waals surface area contributed by atoms with E-state index in [0.717, 1.165) is 36.8 Å². The number of sulfonamides is 1. The molecule has 0 bridgehead atoms. The van der Waals surface area contributed by atoms with Crippen LogP contribution in [0, 0.1) is 12.8 Å². The molecule has 2 atom stereocenters. The Bertz CT molecular complexity index is 2000. The van der Waals surface area contributed by atoms with Gasteiger partial charge in [0.15, 0.2) is 0 Å². The predicted octanol–water partition coefficient (Wildman–Crippen LogP) is 3.89. The smallest absolute Gasteiger partial charge is 0.340 e. The average Bonchev–Trinajstić information content (AvgIpc) is 3.53. The molecule has 0 spiro atoms. The van der Waals surface area contributed by atoms with Gasteiger partial charge in [-0.25, -0.2) is 22.6 Å². The third-order valence-corrected chi connectivity index (χ3v) is 10.4. The average molecular weight is 680 g/mol. The molecule has 4 aromatic rings. The Balaban J connectivity index is 1.44. The molecule has 2 heterocycles. The summed E-state index contributed by atoms with van der Waals surface area (Å²) >= 11 is 0. The molecule has 2 aromatic carbocycles. The standard InChI is InChI=1S/C33H37N5O9S/c1-20-24-14-13-23(15-27(24)47-32(44)25(20)16-29(39)40)34-31(43)26(17-30(41)42)38-18-28(35-37-38)33(2,22-11-7-4-8-12-22)36-48(45,46)19-21-9-5-3-6-10-21/h3,5-6,9-10,13-15,18,22,26,36H,4,7-8,11-12,16-17,19H2,1-2H3,(H,34,43)(H,39,40)(H,41,42). The summed E-state index contributed by atoms with van der Waals surface area (Å²) in [4.78, 5) is 49.1. The van der Waals surface area contributed by atoms with E-state index in [1.807, 2.05) is 0 Å². The summed E-state index contributed by atoms with van der Waals surface area (Å²) in [5.41, 5.74) is -0.394. The largest absolute Gasteiger partial charge is 0.481 e. The zero-order valence-corrected chi connectivity index (χ0v) is 27.3. The second kappa shape index (κ2) is 14.1. The number of carbonyl (C=O) groups excluding carboxylic acids is 1. The van der Waals surface area contributed by atoms with Gasteiger partial charge in [0.05, 0.1) is 35.9 Å². The van der Waals surface area contributed by atoms with E-state index in [0.29, 0.717) is 16.5 Å². The number of carboxylic acid groups (broad SMARTS) is 2. The van der Waals surface area contributed by atoms with E-state index in [4.69, 9.17) is 9.52 Å². The first kappa shape index (κ1) is 34.4. The number of fused-ring (bicyclic) bond motifs is 1. The summed E-state index contributed by atoms with van der Waals surface area (Å²) in [7, 11) is -3.87. The number of rotatable bonds is 13. The highest BCUT2D eigenvalue weighted by molar-refractivity contribution is 7.88. The zero-order valence-electron chi connectivity index (χ0n) is 26.5. The SMILES string of the molecule is Cc1c(CC(=O)O)c(=O)oc2cc(NC(=O)C(CC(=O)O)n3cc(C(C)(NS(=O)(=O)Cc4ccccc4)C4CCCCC4)nn3)ccc12. The number of carbonyl (C=O) groups is 3. The van der Waals surface area contributed by atoms with Crippen LogP contribution in [0.2, 0.25) is 0 Å². The van der Waals surface area contributed by atoms with Crippen molar-refractivity contribution in [3.63, 3.8) is 0 Å². The van der Waals surface area contributed by atoms with Gasteiger partial charge in [0.25, 0.3) is 0 Å². The third kappa shape index (κ3) is 7.80. The lowest BCUT2D eigenvalue weighted by atomic mass is 9.75. The highest BCUT2D eigenvalue weighted by Crippen LogP contribution is 2.39. The van der Waals surface area contributed by atoms with Gasteiger partial charge in [0.1, 0.15) is 17.3 Å². The molecule has 1 aliphatic rings. The molecule has 15 heteroatoms. The molecule has 1 amide bonds. The normalized spacial score (nSPS) is 15.9. The zero-order chi connectivity index (χ0) is 34.6. The molecule has 2 unspecified atom stereocenters. The van der Waals surface area contributed by atoms with Crippen LogP contribution in [0.15, 0.2) is 63.9 Å². The number of nitrogens with one attached hydrogen (secondary N) is 2. The van der Waals surface area contributed by atoms with Crippen LogP contribution in [0.5, 0.6) is 0 Å². The monoisotopic (exact) mass is 679 g/mol. The molecule has 0 aliphatic heterocycles. The van der Waals surface area contributed by atoms with Crippen molar-refractivity contribution in [3.8, 4) is 0 Å². The van der Waals surface area contributed by atoms with Gasteiger partial charge in [-0.2, -0.15) is 0 Å². The highest BCUT2D eigenvalue weighted by Gasteiger charge is 2.42. The number of anilines is 1. The topological polar surface area (TPSA) is 211 Å². The summed E-state index contributed by atoms with van der Waals surface area (Å²) in [6.07, 6.45) is 4.58. The fourth-order valence-electron chi connectivity index (χ4n) is 6.37. The van der Waals surface area contributed by atoms with Crippen LogP contribution in [0.25, 0.3) is 11.0 Å². The molecular formula is C33H37N5O9S. The summed E-state index contributed by atoms with van der Waals surface area (Å²) in [5, 5.41) is 30.3. The number of aromatic nitrogens is 3. The molecule has 0 saturated heterocycles. The van der Waals surface area contributed by atoms with Gasteiger partial charge in [-0.15, -0.1) is 5.10 Å². The molecule has 1 aliphatic carbocycles. The Kier molecular flexibility index (Phi) is 10.1. The van der Waals surface area contributed by atoms with Crippen LogP contribution >= 0.6 is 0 Å². The molecule has 254 valence electrons. The van der Waals surface area contributed by atoms with E-state index in [1.54, 1.807) is 50.2 Å². The van der Waals surface area contributed by atoms with Gasteiger partial charge in [0.2, 0.25) is 15.9 Å². The molecule has 0 radical (unpaired) electrons. The molecule has 4 N–H and O–H groups in total. The van der Waals surface area contributed by atoms with Crippen LogP contribution in [-0.2, 0) is 42.1 Å². The lowest BCUT2D eigenvalue weighted by Crippen LogP contribution is -2.50. The summed E-state index contributed by atoms with van der Waals surface area (Å²) in [6.45, 7) is 3.35. The van der Waals surface area contributed by atoms with Crippen molar-refractivity contribution in [3.05, 3.63) is 87.5 Å². The van der Waals surface area contributed by atoms with Gasteiger partial charge in [-0.3, -0.25) is 14.4 Å². The number of carboxylic acids is 2. The van der Waals surface area contributed by atoms with Gasteiger partial charge in [-0.05, 0) is 55.9 Å². The number of amides is 1. The molecule has 5 rings (SSSR count). The number of hydrogen-bond donors (Lipinski definition) is 4. The second-order valence-corrected chi connectivity index (χ2v) is 14.1. The van der Waals surface area contributed by atoms with Gasteiger partial charge in [-0.1, -0.05) is 54.8 Å². The van der Waals surface area contributed by atoms with Crippen LogP contribution in [0.1, 0.15) is 73.9 Å². The van der Waals surface area contributed by atoms with E-state index < -0.39 is 57.9 Å². The van der Waals surface area contributed by atoms with Gasteiger partial charge < -0.3 is 19.9 Å². The van der Waals surface area contributed by atoms with E-state index in [2.05, 4.69) is 20.4 Å². The van der Waals surface area contributed by atoms with Gasteiger partial charge >= 0.3 is 17.6 Å². The first-order valence-electron chi connectivity index (χ1n) is 15.5. The van der Waals surface area contributed by atoms with Crippen LogP contribution in [0.3, 0.4) is 0 Å². The van der Waals surface area contributed by atoms with Crippen molar-refractivity contribution in [1.82, 2.24) is 19.7 Å². The summed E-state index contributed by atoms with van der Waals surface area (Å²) in [6, 6.07) is 11.9. The van der Waals surface area contributed by atoms with Crippen molar-refractivity contribution < 1.29 is 37.4 Å². The number of aryl methyl sites for hydroxylation is 1. The van der Waals surface area contributed by atoms with E-state index in [9.17, 15) is 32.7 Å². The number of nitrogens with zero attached hydrogens (tertiary/aromatic N) is 3. The molecule has 1 saturated carbocycles. The first-order valence-corrected chi connectivity index (χ1v) is 17.2. The minimum atomic E-state index is -3.87. The molecule has 14 nitrogen and oxygen atoms in total. The minimum Gasteiger partial charge on any atom is -0.481 e. The second-order valence-electron chi connectivity index (χ2n) is 12.3. The number of hydrogen-bond acceptors (Lipinski definition) is 9. The van der Waals surface area contributed by atoms with Crippen molar-refractivity contribution in [1.29, 1.82) is 0 Å². The van der Waals surface area contributed by atoms with Crippen molar-refractivity contribution in [2.45, 2.75) is 76.1 Å². The lowest BCUT2D eigenvalue weighted by molar-refractivity contribution is -0.140. The maximum absolute atomic E-state index is 13.6. The van der Waals surface area contributed by atoms with Crippen LogP contribution in [0.4, 0.5) is 5.69 Å². The van der Waals surface area contributed by atoms with E-state index in [1.165, 1.54) is 18.3 Å². The fourth-order valence-corrected chi connectivity index (χ4v) is 7.99. The number of aliphatic carboxylic acids is 2. The van der Waals surface area contributed by atoms with E-state index >= 15 is 0 Å². The lowest BCUT2D eigenvalue weighted by Gasteiger charge is -2.38. The van der Waals surface area contributed by atoms with Crippen molar-refractivity contribution in [2.75, 3.05) is 5.32 Å². The maximum Gasteiger partial charge on any atom is 0.340 e. The Morgan fingerprint density at radius 3 is 2.44 bits per heavy atom. The Hall–Kier alpha value is -4.89. The Labute approximate surface area is 276 Å². The maximum atomic E-state index is 13.6. The first-order chi connectivity index (χ1) is 22.8. The Morgan fingerprint density at radius 1 is 1.06 bits per heavy atom. The fraction of sp³-hybridized carbons (Fsp3) is 0.394. The quantitative estimate of drug-likeness (QED) is 0.149. The summed E-state index contributed by atoms with van der Waals surface area (Å²) < 4.78 is 36.3.